The number of pyridine rings is 2. The van der Waals surface area contributed by atoms with E-state index in [0.717, 1.165) is 27.5 Å². The first-order valence-corrected chi connectivity index (χ1v) is 8.67. The van der Waals surface area contributed by atoms with Crippen LogP contribution in [0.2, 0.25) is 0 Å². The first-order chi connectivity index (χ1) is 12.7. The molecule has 0 bridgehead atoms. The lowest BCUT2D eigenvalue weighted by atomic mass is 10.1. The van der Waals surface area contributed by atoms with Crippen molar-refractivity contribution in [2.75, 3.05) is 11.1 Å². The molecule has 3 N–H and O–H groups in total. The summed E-state index contributed by atoms with van der Waals surface area (Å²) in [5.74, 6) is 0.366. The number of nitrogens with zero attached hydrogens (tertiary/aromatic N) is 3. The van der Waals surface area contributed by atoms with Crippen molar-refractivity contribution in [1.82, 2.24) is 15.0 Å². The van der Waals surface area contributed by atoms with Crippen LogP contribution in [0.4, 0.5) is 21.0 Å². The van der Waals surface area contributed by atoms with Gasteiger partial charge >= 0.3 is 0 Å². The highest BCUT2D eigenvalue weighted by Gasteiger charge is 2.15. The fourth-order valence-corrected chi connectivity index (χ4v) is 3.37. The summed E-state index contributed by atoms with van der Waals surface area (Å²) >= 11 is 1.40. The van der Waals surface area contributed by atoms with Crippen LogP contribution in [-0.4, -0.2) is 15.0 Å². The van der Waals surface area contributed by atoms with Crippen molar-refractivity contribution >= 4 is 28.0 Å². The normalized spacial score (nSPS) is 10.7. The number of anilines is 3. The number of benzene rings is 1. The van der Waals surface area contributed by atoms with Gasteiger partial charge in [-0.05, 0) is 54.1 Å². The van der Waals surface area contributed by atoms with Crippen LogP contribution in [0.15, 0.2) is 67.0 Å². The Morgan fingerprint density at radius 3 is 2.58 bits per heavy atom. The Kier molecular flexibility index (Phi) is 4.28. The lowest BCUT2D eigenvalue weighted by Crippen LogP contribution is -1.94. The molecule has 0 unspecified atom stereocenters. The summed E-state index contributed by atoms with van der Waals surface area (Å²) < 4.78 is 13.1. The van der Waals surface area contributed by atoms with Crippen LogP contribution < -0.4 is 11.1 Å². The number of nitrogen functional groups attached to an aromatic ring is 1. The van der Waals surface area contributed by atoms with E-state index in [1.54, 1.807) is 24.5 Å². The molecule has 7 heteroatoms. The molecule has 0 fully saturated rings. The molecule has 0 atom stereocenters. The summed E-state index contributed by atoms with van der Waals surface area (Å²) in [7, 11) is 0. The molecule has 3 aromatic heterocycles. The van der Waals surface area contributed by atoms with Crippen molar-refractivity contribution in [1.29, 1.82) is 0 Å². The molecule has 4 aromatic rings. The van der Waals surface area contributed by atoms with E-state index in [2.05, 4.69) is 20.3 Å². The lowest BCUT2D eigenvalue weighted by molar-refractivity contribution is 0.628. The molecule has 128 valence electrons. The highest BCUT2D eigenvalue weighted by Crippen LogP contribution is 2.37. The van der Waals surface area contributed by atoms with Gasteiger partial charge in [0, 0.05) is 18.1 Å². The molecule has 3 heterocycles. The van der Waals surface area contributed by atoms with Crippen molar-refractivity contribution in [3.8, 4) is 21.8 Å². The largest absolute Gasteiger partial charge is 0.375 e. The number of thiazole rings is 1. The summed E-state index contributed by atoms with van der Waals surface area (Å²) in [6, 6.07) is 15.6. The minimum atomic E-state index is -0.280. The average molecular weight is 363 g/mol. The number of hydrogen-bond acceptors (Lipinski definition) is 6. The highest BCUT2D eigenvalue weighted by molar-refractivity contribution is 7.19. The summed E-state index contributed by atoms with van der Waals surface area (Å²) in [5.41, 5.74) is 9.13. The van der Waals surface area contributed by atoms with Crippen LogP contribution in [0.1, 0.15) is 0 Å². The maximum absolute atomic E-state index is 13.1. The lowest BCUT2D eigenvalue weighted by Gasteiger charge is -2.07. The quantitative estimate of drug-likeness (QED) is 0.548. The van der Waals surface area contributed by atoms with Crippen molar-refractivity contribution in [2.45, 2.75) is 0 Å². The van der Waals surface area contributed by atoms with Crippen molar-refractivity contribution in [3.63, 3.8) is 0 Å². The second-order valence-electron chi connectivity index (χ2n) is 5.51. The number of nitrogens with two attached hydrogens (primary N) is 1. The molecule has 0 aliphatic heterocycles. The molecule has 5 nitrogen and oxygen atoms in total. The van der Waals surface area contributed by atoms with E-state index in [9.17, 15) is 4.39 Å². The molecule has 0 radical (unpaired) electrons. The summed E-state index contributed by atoms with van der Waals surface area (Å²) in [5, 5.41) is 3.64. The monoisotopic (exact) mass is 363 g/mol. The predicted octanol–water partition coefficient (Wildman–Crippen LogP) is 4.73. The first kappa shape index (κ1) is 16.2. The molecule has 1 aromatic carbocycles. The molecule has 0 spiro atoms. The van der Waals surface area contributed by atoms with E-state index < -0.39 is 0 Å². The Morgan fingerprint density at radius 1 is 0.962 bits per heavy atom. The fourth-order valence-electron chi connectivity index (χ4n) is 2.53. The zero-order valence-electron chi connectivity index (χ0n) is 13.6. The summed E-state index contributed by atoms with van der Waals surface area (Å²) in [6.07, 6.45) is 3.43. The fraction of sp³-hybridized carbons (Fsp3) is 0. The van der Waals surface area contributed by atoms with Gasteiger partial charge in [-0.1, -0.05) is 17.4 Å². The van der Waals surface area contributed by atoms with Crippen molar-refractivity contribution in [2.24, 2.45) is 0 Å². The van der Waals surface area contributed by atoms with Gasteiger partial charge in [-0.25, -0.2) is 14.4 Å². The predicted molar refractivity (Wildman–Crippen MR) is 103 cm³/mol. The van der Waals surface area contributed by atoms with E-state index in [0.29, 0.717) is 10.9 Å². The topological polar surface area (TPSA) is 76.7 Å². The maximum Gasteiger partial charge on any atom is 0.181 e. The van der Waals surface area contributed by atoms with Crippen LogP contribution in [0, 0.1) is 5.82 Å². The SMILES string of the molecule is Nc1nc(-c2ccccn2)c(-c2ccnc(Nc3ccc(F)cc3)c2)s1. The van der Waals surface area contributed by atoms with Gasteiger partial charge in [-0.15, -0.1) is 0 Å². The maximum atomic E-state index is 13.1. The highest BCUT2D eigenvalue weighted by atomic mass is 32.1. The second kappa shape index (κ2) is 6.89. The van der Waals surface area contributed by atoms with Crippen LogP contribution in [0.25, 0.3) is 21.8 Å². The van der Waals surface area contributed by atoms with Crippen LogP contribution >= 0.6 is 11.3 Å². The van der Waals surface area contributed by atoms with Crippen molar-refractivity contribution in [3.05, 3.63) is 72.8 Å². The zero-order chi connectivity index (χ0) is 17.9. The molecule has 0 aliphatic rings. The van der Waals surface area contributed by atoms with Gasteiger partial charge in [0.15, 0.2) is 5.13 Å². The summed E-state index contributed by atoms with van der Waals surface area (Å²) in [6.45, 7) is 0. The Balaban J connectivity index is 1.70. The third kappa shape index (κ3) is 3.38. The standard InChI is InChI=1S/C19H14FN5S/c20-13-4-6-14(7-5-13)24-16-11-12(8-10-23-16)18-17(25-19(21)26-18)15-3-1-2-9-22-15/h1-11H,(H2,21,25)(H,23,24). The smallest absolute Gasteiger partial charge is 0.181 e. The molecule has 0 saturated heterocycles. The number of hydrogen-bond donors (Lipinski definition) is 2. The van der Waals surface area contributed by atoms with Crippen LogP contribution in [0.5, 0.6) is 0 Å². The molecule has 0 saturated carbocycles. The Labute approximate surface area is 153 Å². The van der Waals surface area contributed by atoms with Gasteiger partial charge in [-0.2, -0.15) is 0 Å². The van der Waals surface area contributed by atoms with Crippen LogP contribution in [-0.2, 0) is 0 Å². The molecule has 0 amide bonds. The summed E-state index contributed by atoms with van der Waals surface area (Å²) in [4.78, 5) is 14.0. The molecule has 0 aliphatic carbocycles. The molecular weight excluding hydrogens is 349 g/mol. The van der Waals surface area contributed by atoms with Gasteiger partial charge in [0.25, 0.3) is 0 Å². The first-order valence-electron chi connectivity index (χ1n) is 7.86. The van der Waals surface area contributed by atoms with Gasteiger partial charge in [-0.3, -0.25) is 4.98 Å². The Hall–Kier alpha value is -3.32. The Morgan fingerprint density at radius 2 is 1.81 bits per heavy atom. The van der Waals surface area contributed by atoms with Gasteiger partial charge < -0.3 is 11.1 Å². The van der Waals surface area contributed by atoms with E-state index in [4.69, 9.17) is 5.73 Å². The molecular formula is C19H14FN5S. The van der Waals surface area contributed by atoms with E-state index in [-0.39, 0.29) is 5.82 Å². The zero-order valence-corrected chi connectivity index (χ0v) is 14.4. The van der Waals surface area contributed by atoms with Gasteiger partial charge in [0.05, 0.1) is 10.6 Å². The second-order valence-corrected chi connectivity index (χ2v) is 6.54. The van der Waals surface area contributed by atoms with Crippen molar-refractivity contribution < 1.29 is 4.39 Å². The Bertz CT molecular complexity index is 1030. The van der Waals surface area contributed by atoms with E-state index in [1.165, 1.54) is 23.5 Å². The number of nitrogens with one attached hydrogen (secondary N) is 1. The minimum Gasteiger partial charge on any atom is -0.375 e. The minimum absolute atomic E-state index is 0.280. The number of aromatic nitrogens is 3. The molecule has 26 heavy (non-hydrogen) atoms. The number of rotatable bonds is 4. The third-order valence-corrected chi connectivity index (χ3v) is 4.62. The van der Waals surface area contributed by atoms with E-state index >= 15 is 0 Å². The van der Waals surface area contributed by atoms with Crippen LogP contribution in [0.3, 0.4) is 0 Å². The molecule has 4 rings (SSSR count). The van der Waals surface area contributed by atoms with Gasteiger partial charge in [0.2, 0.25) is 0 Å². The third-order valence-electron chi connectivity index (χ3n) is 3.69. The average Bonchev–Trinajstić information content (AvgIpc) is 3.06. The number of halogens is 1. The van der Waals surface area contributed by atoms with E-state index in [1.807, 2.05) is 30.3 Å². The van der Waals surface area contributed by atoms with Gasteiger partial charge in [0.1, 0.15) is 17.3 Å².